The van der Waals surface area contributed by atoms with Crippen LogP contribution in [0.3, 0.4) is 0 Å². The van der Waals surface area contributed by atoms with Crippen LogP contribution in [-0.4, -0.2) is 19.0 Å². The second-order valence-corrected chi connectivity index (χ2v) is 4.41. The summed E-state index contributed by atoms with van der Waals surface area (Å²) in [5, 5.41) is 5.89. The topological polar surface area (TPSA) is 41.1 Å². The Kier molecular flexibility index (Phi) is 4.31. The summed E-state index contributed by atoms with van der Waals surface area (Å²) in [7, 11) is 1.77. The molecule has 0 aliphatic rings. The van der Waals surface area contributed by atoms with E-state index in [1.807, 2.05) is 61.5 Å². The smallest absolute Gasteiger partial charge is 0.241 e. The van der Waals surface area contributed by atoms with Gasteiger partial charge in [-0.3, -0.25) is 4.79 Å². The van der Waals surface area contributed by atoms with Gasteiger partial charge in [0.1, 0.15) is 0 Å². The normalized spacial score (nSPS) is 11.9. The monoisotopic (exact) mass is 254 g/mol. The molecule has 98 valence electrons. The highest BCUT2D eigenvalue weighted by atomic mass is 16.2. The molecule has 0 heterocycles. The van der Waals surface area contributed by atoms with Crippen molar-refractivity contribution in [3.8, 4) is 11.1 Å². The molecule has 3 nitrogen and oxygen atoms in total. The highest BCUT2D eigenvalue weighted by Crippen LogP contribution is 2.27. The van der Waals surface area contributed by atoms with E-state index >= 15 is 0 Å². The molecule has 1 atom stereocenters. The molecule has 1 amide bonds. The van der Waals surface area contributed by atoms with Gasteiger partial charge >= 0.3 is 0 Å². The number of benzene rings is 2. The lowest BCUT2D eigenvalue weighted by Crippen LogP contribution is -2.35. The molecule has 0 aliphatic carbocycles. The second-order valence-electron chi connectivity index (χ2n) is 4.41. The van der Waals surface area contributed by atoms with Crippen molar-refractivity contribution >= 4 is 11.6 Å². The largest absolute Gasteiger partial charge is 0.324 e. The first-order chi connectivity index (χ1) is 9.22. The number of anilines is 1. The van der Waals surface area contributed by atoms with Crippen molar-refractivity contribution in [1.82, 2.24) is 5.32 Å². The minimum absolute atomic E-state index is 0.0362. The highest BCUT2D eigenvalue weighted by molar-refractivity contribution is 5.98. The number of hydrogen-bond donors (Lipinski definition) is 2. The van der Waals surface area contributed by atoms with Gasteiger partial charge in [0.15, 0.2) is 0 Å². The van der Waals surface area contributed by atoms with Gasteiger partial charge < -0.3 is 10.6 Å². The molecule has 2 rings (SSSR count). The van der Waals surface area contributed by atoms with E-state index in [1.165, 1.54) is 0 Å². The minimum Gasteiger partial charge on any atom is -0.324 e. The van der Waals surface area contributed by atoms with Gasteiger partial charge in [0.25, 0.3) is 0 Å². The Balaban J connectivity index is 2.30. The average molecular weight is 254 g/mol. The van der Waals surface area contributed by atoms with Gasteiger partial charge in [-0.15, -0.1) is 0 Å². The predicted molar refractivity (Wildman–Crippen MR) is 79.0 cm³/mol. The Morgan fingerprint density at radius 3 is 2.32 bits per heavy atom. The molecular formula is C16H18N2O. The zero-order valence-electron chi connectivity index (χ0n) is 11.2. The Morgan fingerprint density at radius 2 is 1.63 bits per heavy atom. The minimum atomic E-state index is -0.219. The van der Waals surface area contributed by atoms with Gasteiger partial charge in [-0.2, -0.15) is 0 Å². The molecule has 0 saturated carbocycles. The van der Waals surface area contributed by atoms with Crippen molar-refractivity contribution in [3.63, 3.8) is 0 Å². The first kappa shape index (κ1) is 13.3. The maximum absolute atomic E-state index is 12.0. The van der Waals surface area contributed by atoms with E-state index in [0.29, 0.717) is 0 Å². The summed E-state index contributed by atoms with van der Waals surface area (Å²) < 4.78 is 0. The molecule has 0 radical (unpaired) electrons. The number of amides is 1. The fraction of sp³-hybridized carbons (Fsp3) is 0.188. The Labute approximate surface area is 113 Å². The van der Waals surface area contributed by atoms with Crippen LogP contribution in [0.5, 0.6) is 0 Å². The van der Waals surface area contributed by atoms with Crippen LogP contribution in [0.25, 0.3) is 11.1 Å². The summed E-state index contributed by atoms with van der Waals surface area (Å²) in [6.07, 6.45) is 0. The van der Waals surface area contributed by atoms with Crippen LogP contribution in [-0.2, 0) is 4.79 Å². The number of hydrogen-bond acceptors (Lipinski definition) is 2. The van der Waals surface area contributed by atoms with Crippen LogP contribution >= 0.6 is 0 Å². The summed E-state index contributed by atoms with van der Waals surface area (Å²) in [4.78, 5) is 12.0. The van der Waals surface area contributed by atoms with Gasteiger partial charge in [0, 0.05) is 11.3 Å². The second kappa shape index (κ2) is 6.16. The third-order valence-corrected chi connectivity index (χ3v) is 3.10. The van der Waals surface area contributed by atoms with Gasteiger partial charge in [0.05, 0.1) is 6.04 Å². The van der Waals surface area contributed by atoms with Crippen molar-refractivity contribution in [2.75, 3.05) is 12.4 Å². The lowest BCUT2D eigenvalue weighted by atomic mass is 10.0. The molecular weight excluding hydrogens is 236 g/mol. The van der Waals surface area contributed by atoms with Gasteiger partial charge in [-0.05, 0) is 25.6 Å². The number of likely N-dealkylation sites (N-methyl/N-ethyl adjacent to an activating group) is 1. The zero-order chi connectivity index (χ0) is 13.7. The average Bonchev–Trinajstić information content (AvgIpc) is 2.47. The summed E-state index contributed by atoms with van der Waals surface area (Å²) in [5.41, 5.74) is 2.95. The highest BCUT2D eigenvalue weighted by Gasteiger charge is 2.12. The SMILES string of the molecule is CNC(C)C(=O)Nc1ccccc1-c1ccccc1. The molecule has 0 aliphatic heterocycles. The molecule has 0 bridgehead atoms. The summed E-state index contributed by atoms with van der Waals surface area (Å²) in [6, 6.07) is 17.6. The van der Waals surface area contributed by atoms with E-state index in [-0.39, 0.29) is 11.9 Å². The van der Waals surface area contributed by atoms with Crippen molar-refractivity contribution in [3.05, 3.63) is 54.6 Å². The van der Waals surface area contributed by atoms with Crippen LogP contribution in [0.1, 0.15) is 6.92 Å². The molecule has 2 N–H and O–H groups in total. The van der Waals surface area contributed by atoms with Gasteiger partial charge in [0.2, 0.25) is 5.91 Å². The molecule has 0 aromatic heterocycles. The van der Waals surface area contributed by atoms with E-state index in [0.717, 1.165) is 16.8 Å². The van der Waals surface area contributed by atoms with Gasteiger partial charge in [-0.25, -0.2) is 0 Å². The van der Waals surface area contributed by atoms with Crippen LogP contribution in [0.2, 0.25) is 0 Å². The summed E-state index contributed by atoms with van der Waals surface area (Å²) in [5.74, 6) is -0.0362. The molecule has 0 fully saturated rings. The fourth-order valence-corrected chi connectivity index (χ4v) is 1.83. The maximum atomic E-state index is 12.0. The maximum Gasteiger partial charge on any atom is 0.241 e. The number of rotatable bonds is 4. The first-order valence-electron chi connectivity index (χ1n) is 6.35. The number of carbonyl (C=O) groups excluding carboxylic acids is 1. The Hall–Kier alpha value is -2.13. The lowest BCUT2D eigenvalue weighted by molar-refractivity contribution is -0.117. The number of para-hydroxylation sites is 1. The van der Waals surface area contributed by atoms with Crippen molar-refractivity contribution in [2.45, 2.75) is 13.0 Å². The van der Waals surface area contributed by atoms with E-state index in [9.17, 15) is 4.79 Å². The Morgan fingerprint density at radius 1 is 1.00 bits per heavy atom. The zero-order valence-corrected chi connectivity index (χ0v) is 11.2. The molecule has 0 spiro atoms. The predicted octanol–water partition coefficient (Wildman–Crippen LogP) is 2.90. The molecule has 2 aromatic rings. The Bertz CT molecular complexity index is 552. The van der Waals surface area contributed by atoms with Crippen molar-refractivity contribution in [2.24, 2.45) is 0 Å². The molecule has 2 aromatic carbocycles. The lowest BCUT2D eigenvalue weighted by Gasteiger charge is -2.14. The van der Waals surface area contributed by atoms with Crippen molar-refractivity contribution < 1.29 is 4.79 Å². The number of nitrogens with one attached hydrogen (secondary N) is 2. The molecule has 1 unspecified atom stereocenters. The van der Waals surface area contributed by atoms with Crippen molar-refractivity contribution in [1.29, 1.82) is 0 Å². The molecule has 3 heteroatoms. The summed E-state index contributed by atoms with van der Waals surface area (Å²) in [6.45, 7) is 1.83. The third kappa shape index (κ3) is 3.20. The van der Waals surface area contributed by atoms with E-state index in [1.54, 1.807) is 7.05 Å². The van der Waals surface area contributed by atoms with Crippen LogP contribution in [0.15, 0.2) is 54.6 Å². The van der Waals surface area contributed by atoms with Crippen LogP contribution in [0.4, 0.5) is 5.69 Å². The number of carbonyl (C=O) groups is 1. The quantitative estimate of drug-likeness (QED) is 0.880. The van der Waals surface area contributed by atoms with E-state index in [2.05, 4.69) is 10.6 Å². The summed E-state index contributed by atoms with van der Waals surface area (Å²) >= 11 is 0. The van der Waals surface area contributed by atoms with E-state index < -0.39 is 0 Å². The first-order valence-corrected chi connectivity index (χ1v) is 6.35. The molecule has 19 heavy (non-hydrogen) atoms. The standard InChI is InChI=1S/C16H18N2O/c1-12(17-2)16(19)18-15-11-7-6-10-14(15)13-8-4-3-5-9-13/h3-12,17H,1-2H3,(H,18,19). The molecule has 0 saturated heterocycles. The van der Waals surface area contributed by atoms with Gasteiger partial charge in [-0.1, -0.05) is 48.5 Å². The van der Waals surface area contributed by atoms with E-state index in [4.69, 9.17) is 0 Å². The fourth-order valence-electron chi connectivity index (χ4n) is 1.83. The third-order valence-electron chi connectivity index (χ3n) is 3.10. The van der Waals surface area contributed by atoms with Crippen LogP contribution < -0.4 is 10.6 Å². The van der Waals surface area contributed by atoms with Crippen LogP contribution in [0, 0.1) is 0 Å².